The molecule has 0 aromatic carbocycles. The van der Waals surface area contributed by atoms with E-state index in [4.69, 9.17) is 10.8 Å². The number of likely N-dealkylation sites (tertiary alicyclic amines) is 1. The fourth-order valence-electron chi connectivity index (χ4n) is 1.68. The fourth-order valence-corrected chi connectivity index (χ4v) is 1.68. The van der Waals surface area contributed by atoms with Crippen molar-refractivity contribution in [3.8, 4) is 0 Å². The van der Waals surface area contributed by atoms with E-state index in [-0.39, 0.29) is 6.10 Å². The fraction of sp³-hybridized carbons (Fsp3) is 0.889. The first kappa shape index (κ1) is 11.4. The molecule has 0 aliphatic carbocycles. The molecule has 0 aromatic heterocycles. The maximum Gasteiger partial charge on any atom is 0.320 e. The third-order valence-corrected chi connectivity index (χ3v) is 2.55. The van der Waals surface area contributed by atoms with Crippen LogP contribution in [0.1, 0.15) is 19.3 Å². The maximum atomic E-state index is 10.4. The highest BCUT2D eigenvalue weighted by atomic mass is 16.4. The van der Waals surface area contributed by atoms with Crippen molar-refractivity contribution in [2.24, 2.45) is 5.73 Å². The Labute approximate surface area is 83.5 Å². The minimum Gasteiger partial charge on any atom is -0.480 e. The molecule has 1 rings (SSSR count). The molecule has 0 bridgehead atoms. The Morgan fingerprint density at radius 3 is 2.93 bits per heavy atom. The minimum atomic E-state index is -0.956. The van der Waals surface area contributed by atoms with Gasteiger partial charge in [0.05, 0.1) is 6.10 Å². The number of carboxylic acids is 1. The van der Waals surface area contributed by atoms with Crippen LogP contribution in [-0.4, -0.2) is 52.9 Å². The number of nitrogens with zero attached hydrogens (tertiary/aromatic N) is 1. The van der Waals surface area contributed by atoms with E-state index in [2.05, 4.69) is 4.90 Å². The van der Waals surface area contributed by atoms with Gasteiger partial charge < -0.3 is 20.8 Å². The lowest BCUT2D eigenvalue weighted by Crippen LogP contribution is -2.41. The van der Waals surface area contributed by atoms with Crippen LogP contribution in [0.4, 0.5) is 0 Å². The highest BCUT2D eigenvalue weighted by Crippen LogP contribution is 2.10. The molecule has 1 fully saturated rings. The van der Waals surface area contributed by atoms with Crippen molar-refractivity contribution in [1.82, 2.24) is 4.90 Å². The number of nitrogens with two attached hydrogens (primary N) is 1. The molecule has 0 radical (unpaired) electrons. The van der Waals surface area contributed by atoms with Gasteiger partial charge in [0.15, 0.2) is 0 Å². The van der Waals surface area contributed by atoms with Gasteiger partial charge in [-0.25, -0.2) is 0 Å². The summed E-state index contributed by atoms with van der Waals surface area (Å²) in [5, 5.41) is 17.9. The first-order valence-corrected chi connectivity index (χ1v) is 4.98. The maximum absolute atomic E-state index is 10.4. The number of β-amino-alcohol motifs (C(OH)–C–C–N with tert-alkyl or cyclic N) is 1. The minimum absolute atomic E-state index is 0.259. The molecular weight excluding hydrogens is 184 g/mol. The van der Waals surface area contributed by atoms with E-state index in [9.17, 15) is 9.90 Å². The lowest BCUT2D eigenvalue weighted by atomic mass is 10.1. The quantitative estimate of drug-likeness (QED) is 0.558. The molecule has 0 spiro atoms. The van der Waals surface area contributed by atoms with E-state index in [1.807, 2.05) is 0 Å². The second kappa shape index (κ2) is 5.29. The van der Waals surface area contributed by atoms with Crippen molar-refractivity contribution >= 4 is 5.97 Å². The molecule has 0 aromatic rings. The van der Waals surface area contributed by atoms with E-state index in [1.165, 1.54) is 0 Å². The van der Waals surface area contributed by atoms with Crippen LogP contribution in [0.3, 0.4) is 0 Å². The first-order valence-electron chi connectivity index (χ1n) is 4.98. The lowest BCUT2D eigenvalue weighted by Gasteiger charge is -2.30. The summed E-state index contributed by atoms with van der Waals surface area (Å²) in [7, 11) is 0. The zero-order valence-corrected chi connectivity index (χ0v) is 8.22. The van der Waals surface area contributed by atoms with Gasteiger partial charge in [-0.05, 0) is 25.8 Å². The molecule has 1 saturated heterocycles. The van der Waals surface area contributed by atoms with E-state index in [0.29, 0.717) is 19.5 Å². The summed E-state index contributed by atoms with van der Waals surface area (Å²) >= 11 is 0. The van der Waals surface area contributed by atoms with Crippen LogP contribution in [0, 0.1) is 0 Å². The number of aliphatic hydroxyl groups is 1. The summed E-state index contributed by atoms with van der Waals surface area (Å²) in [6.07, 6.45) is 2.01. The highest BCUT2D eigenvalue weighted by Gasteiger charge is 2.19. The van der Waals surface area contributed by atoms with Crippen LogP contribution in [0.25, 0.3) is 0 Å². The summed E-state index contributed by atoms with van der Waals surface area (Å²) in [4.78, 5) is 12.5. The molecule has 5 heteroatoms. The molecule has 0 amide bonds. The molecule has 82 valence electrons. The summed E-state index contributed by atoms with van der Waals surface area (Å²) in [5.74, 6) is -0.956. The Bertz CT molecular complexity index is 198. The van der Waals surface area contributed by atoms with Gasteiger partial charge in [-0.1, -0.05) is 0 Å². The van der Waals surface area contributed by atoms with Gasteiger partial charge in [0.1, 0.15) is 6.04 Å². The number of hydrogen-bond donors (Lipinski definition) is 3. The molecular formula is C9H18N2O3. The zero-order chi connectivity index (χ0) is 10.6. The summed E-state index contributed by atoms with van der Waals surface area (Å²) < 4.78 is 0. The molecule has 1 aliphatic rings. The Balaban J connectivity index is 2.20. The molecule has 1 heterocycles. The van der Waals surface area contributed by atoms with Gasteiger partial charge in [0.25, 0.3) is 0 Å². The van der Waals surface area contributed by atoms with Gasteiger partial charge in [-0.15, -0.1) is 0 Å². The summed E-state index contributed by atoms with van der Waals surface area (Å²) in [6, 6.07) is -0.783. The molecule has 0 saturated carbocycles. The van der Waals surface area contributed by atoms with Crippen molar-refractivity contribution in [2.45, 2.75) is 31.4 Å². The lowest BCUT2D eigenvalue weighted by molar-refractivity contribution is -0.138. The van der Waals surface area contributed by atoms with Gasteiger partial charge in [-0.3, -0.25) is 4.79 Å². The number of aliphatic carboxylic acids is 1. The second-order valence-corrected chi connectivity index (χ2v) is 3.83. The van der Waals surface area contributed by atoms with Gasteiger partial charge >= 0.3 is 5.97 Å². The van der Waals surface area contributed by atoms with Crippen molar-refractivity contribution in [3.63, 3.8) is 0 Å². The normalized spacial score (nSPS) is 26.0. The molecule has 4 N–H and O–H groups in total. The monoisotopic (exact) mass is 202 g/mol. The predicted octanol–water partition coefficient (Wildman–Crippen LogP) is -0.755. The van der Waals surface area contributed by atoms with E-state index >= 15 is 0 Å². The average Bonchev–Trinajstić information content (AvgIpc) is 2.14. The molecule has 2 unspecified atom stereocenters. The third-order valence-electron chi connectivity index (χ3n) is 2.55. The molecule has 5 nitrogen and oxygen atoms in total. The summed E-state index contributed by atoms with van der Waals surface area (Å²) in [5.41, 5.74) is 5.38. The Morgan fingerprint density at radius 2 is 2.36 bits per heavy atom. The number of rotatable bonds is 4. The topological polar surface area (TPSA) is 86.8 Å². The number of aliphatic hydroxyl groups excluding tert-OH is 1. The standard InChI is InChI=1S/C9H18N2O3/c10-8(9(13)14)3-5-11-4-1-2-7(12)6-11/h7-8,12H,1-6,10H2,(H,13,14). The average molecular weight is 202 g/mol. The smallest absolute Gasteiger partial charge is 0.320 e. The van der Waals surface area contributed by atoms with E-state index in [1.54, 1.807) is 0 Å². The Morgan fingerprint density at radius 1 is 1.64 bits per heavy atom. The van der Waals surface area contributed by atoms with Crippen LogP contribution in [0.15, 0.2) is 0 Å². The molecule has 2 atom stereocenters. The Kier molecular flexibility index (Phi) is 4.31. The van der Waals surface area contributed by atoms with Gasteiger partial charge in [-0.2, -0.15) is 0 Å². The number of carboxylic acid groups (broad SMARTS) is 1. The third kappa shape index (κ3) is 3.61. The van der Waals surface area contributed by atoms with Crippen LogP contribution < -0.4 is 5.73 Å². The van der Waals surface area contributed by atoms with Crippen molar-refractivity contribution in [3.05, 3.63) is 0 Å². The van der Waals surface area contributed by atoms with Crippen molar-refractivity contribution < 1.29 is 15.0 Å². The van der Waals surface area contributed by atoms with Crippen LogP contribution in [0.2, 0.25) is 0 Å². The largest absolute Gasteiger partial charge is 0.480 e. The number of piperidine rings is 1. The van der Waals surface area contributed by atoms with E-state index < -0.39 is 12.0 Å². The summed E-state index contributed by atoms with van der Waals surface area (Å²) in [6.45, 7) is 2.24. The van der Waals surface area contributed by atoms with Crippen molar-refractivity contribution in [1.29, 1.82) is 0 Å². The Hall–Kier alpha value is -0.650. The van der Waals surface area contributed by atoms with E-state index in [0.717, 1.165) is 19.4 Å². The van der Waals surface area contributed by atoms with Crippen LogP contribution in [-0.2, 0) is 4.79 Å². The van der Waals surface area contributed by atoms with Crippen LogP contribution >= 0.6 is 0 Å². The first-order chi connectivity index (χ1) is 6.59. The zero-order valence-electron chi connectivity index (χ0n) is 8.22. The van der Waals surface area contributed by atoms with Gasteiger partial charge in [0.2, 0.25) is 0 Å². The van der Waals surface area contributed by atoms with Crippen molar-refractivity contribution in [2.75, 3.05) is 19.6 Å². The van der Waals surface area contributed by atoms with Crippen LogP contribution in [0.5, 0.6) is 0 Å². The second-order valence-electron chi connectivity index (χ2n) is 3.83. The number of hydrogen-bond acceptors (Lipinski definition) is 4. The molecule has 1 aliphatic heterocycles. The predicted molar refractivity (Wildman–Crippen MR) is 51.9 cm³/mol. The highest BCUT2D eigenvalue weighted by molar-refractivity contribution is 5.72. The van der Waals surface area contributed by atoms with Gasteiger partial charge in [0, 0.05) is 13.1 Å². The number of carbonyl (C=O) groups is 1. The SMILES string of the molecule is NC(CCN1CCCC(O)C1)C(=O)O. The molecule has 14 heavy (non-hydrogen) atoms.